The summed E-state index contributed by atoms with van der Waals surface area (Å²) in [6.07, 6.45) is 0.502. The molecule has 0 heterocycles. The van der Waals surface area contributed by atoms with Gasteiger partial charge in [-0.3, -0.25) is 9.59 Å². The first-order valence-corrected chi connectivity index (χ1v) is 6.90. The number of Topliss-reactive ketones (excluding diaryl/α,β-unsaturated/α-hetero) is 1. The van der Waals surface area contributed by atoms with E-state index < -0.39 is 0 Å². The van der Waals surface area contributed by atoms with Crippen LogP contribution < -0.4 is 0 Å². The van der Waals surface area contributed by atoms with Gasteiger partial charge in [-0.15, -0.1) is 0 Å². The summed E-state index contributed by atoms with van der Waals surface area (Å²) in [4.78, 5) is 23.9. The average Bonchev–Trinajstić information content (AvgIpc) is 2.55. The molecule has 0 radical (unpaired) electrons. The Morgan fingerprint density at radius 2 is 1.48 bits per heavy atom. The van der Waals surface area contributed by atoms with Gasteiger partial charge in [0.25, 0.3) is 0 Å². The number of rotatable bonds is 6. The lowest BCUT2D eigenvalue weighted by atomic mass is 9.89. The number of hydrogen-bond acceptors (Lipinski definition) is 3. The molecule has 0 saturated carbocycles. The first kappa shape index (κ1) is 15.0. The molecule has 1 atom stereocenters. The highest BCUT2D eigenvalue weighted by atomic mass is 16.5. The van der Waals surface area contributed by atoms with Crippen molar-refractivity contribution in [3.05, 3.63) is 71.8 Å². The van der Waals surface area contributed by atoms with Crippen LogP contribution in [0.25, 0.3) is 0 Å². The third kappa shape index (κ3) is 4.28. The number of hydrogen-bond donors (Lipinski definition) is 0. The Kier molecular flexibility index (Phi) is 5.27. The maximum Gasteiger partial charge on any atom is 0.306 e. The van der Waals surface area contributed by atoms with Gasteiger partial charge in [-0.25, -0.2) is 0 Å². The van der Waals surface area contributed by atoms with Gasteiger partial charge >= 0.3 is 5.97 Å². The highest BCUT2D eigenvalue weighted by Gasteiger charge is 2.20. The number of esters is 1. The first-order valence-electron chi connectivity index (χ1n) is 6.90. The molecule has 0 aliphatic rings. The number of carbonyl (C=O) groups excluding carboxylic acids is 2. The summed E-state index contributed by atoms with van der Waals surface area (Å²) in [5.74, 6) is -0.426. The Balaban J connectivity index is 2.16. The topological polar surface area (TPSA) is 43.4 Å². The van der Waals surface area contributed by atoms with E-state index in [1.807, 2.05) is 48.5 Å². The zero-order valence-corrected chi connectivity index (χ0v) is 12.0. The van der Waals surface area contributed by atoms with Crippen LogP contribution in [-0.4, -0.2) is 18.9 Å². The second kappa shape index (κ2) is 7.39. The Labute approximate surface area is 124 Å². The molecule has 0 aliphatic carbocycles. The van der Waals surface area contributed by atoms with Crippen LogP contribution in [0.3, 0.4) is 0 Å². The second-order valence-corrected chi connectivity index (χ2v) is 4.88. The zero-order valence-electron chi connectivity index (χ0n) is 12.0. The van der Waals surface area contributed by atoms with Gasteiger partial charge in [0.05, 0.1) is 13.5 Å². The Hall–Kier alpha value is -2.42. The SMILES string of the molecule is COC(=O)CC(CC(=O)c1ccccc1)c1ccccc1. The van der Waals surface area contributed by atoms with E-state index in [9.17, 15) is 9.59 Å². The molecule has 1 unspecified atom stereocenters. The van der Waals surface area contributed by atoms with E-state index in [0.29, 0.717) is 12.0 Å². The summed E-state index contributed by atoms with van der Waals surface area (Å²) >= 11 is 0. The van der Waals surface area contributed by atoms with Crippen molar-refractivity contribution in [2.75, 3.05) is 7.11 Å². The Bertz CT molecular complexity index is 590. The molecule has 3 heteroatoms. The van der Waals surface area contributed by atoms with Crippen LogP contribution in [0, 0.1) is 0 Å². The van der Waals surface area contributed by atoms with Gasteiger partial charge in [0, 0.05) is 17.9 Å². The number of benzene rings is 2. The van der Waals surface area contributed by atoms with Crippen LogP contribution in [0.2, 0.25) is 0 Å². The van der Waals surface area contributed by atoms with Gasteiger partial charge in [0.2, 0.25) is 0 Å². The lowest BCUT2D eigenvalue weighted by Crippen LogP contribution is -2.13. The monoisotopic (exact) mass is 282 g/mol. The van der Waals surface area contributed by atoms with Crippen molar-refractivity contribution in [2.24, 2.45) is 0 Å². The van der Waals surface area contributed by atoms with Crippen LogP contribution in [0.5, 0.6) is 0 Å². The summed E-state index contributed by atoms with van der Waals surface area (Å²) in [6, 6.07) is 18.7. The van der Waals surface area contributed by atoms with E-state index >= 15 is 0 Å². The maximum atomic E-state index is 12.3. The van der Waals surface area contributed by atoms with E-state index in [0.717, 1.165) is 5.56 Å². The van der Waals surface area contributed by atoms with Gasteiger partial charge in [-0.1, -0.05) is 60.7 Å². The number of methoxy groups -OCH3 is 1. The number of ether oxygens (including phenoxy) is 1. The molecule has 108 valence electrons. The Morgan fingerprint density at radius 1 is 0.905 bits per heavy atom. The zero-order chi connectivity index (χ0) is 15.1. The van der Waals surface area contributed by atoms with Crippen LogP contribution in [0.1, 0.15) is 34.7 Å². The van der Waals surface area contributed by atoms with E-state index in [1.165, 1.54) is 7.11 Å². The highest BCUT2D eigenvalue weighted by Crippen LogP contribution is 2.25. The Morgan fingerprint density at radius 3 is 2.05 bits per heavy atom. The lowest BCUT2D eigenvalue weighted by molar-refractivity contribution is -0.141. The average molecular weight is 282 g/mol. The second-order valence-electron chi connectivity index (χ2n) is 4.88. The molecule has 0 aliphatic heterocycles. The van der Waals surface area contributed by atoms with Gasteiger partial charge in [-0.2, -0.15) is 0 Å². The summed E-state index contributed by atoms with van der Waals surface area (Å²) in [5.41, 5.74) is 1.65. The fourth-order valence-corrected chi connectivity index (χ4v) is 2.28. The fourth-order valence-electron chi connectivity index (χ4n) is 2.28. The molecule has 3 nitrogen and oxygen atoms in total. The highest BCUT2D eigenvalue weighted by molar-refractivity contribution is 5.96. The molecule has 2 aromatic rings. The third-order valence-corrected chi connectivity index (χ3v) is 3.44. The largest absolute Gasteiger partial charge is 0.469 e. The van der Waals surface area contributed by atoms with Crippen molar-refractivity contribution in [1.82, 2.24) is 0 Å². The predicted molar refractivity (Wildman–Crippen MR) is 81.2 cm³/mol. The quantitative estimate of drug-likeness (QED) is 0.600. The minimum atomic E-state index is -0.301. The van der Waals surface area contributed by atoms with Crippen molar-refractivity contribution < 1.29 is 14.3 Å². The van der Waals surface area contributed by atoms with Crippen LogP contribution in [0.15, 0.2) is 60.7 Å². The summed E-state index contributed by atoms with van der Waals surface area (Å²) in [5, 5.41) is 0. The molecule has 0 amide bonds. The van der Waals surface area contributed by atoms with Crippen LogP contribution >= 0.6 is 0 Å². The van der Waals surface area contributed by atoms with E-state index in [1.54, 1.807) is 12.1 Å². The molecule has 2 aromatic carbocycles. The summed E-state index contributed by atoms with van der Waals surface area (Å²) in [6.45, 7) is 0. The van der Waals surface area contributed by atoms with Gasteiger partial charge in [-0.05, 0) is 5.56 Å². The molecule has 2 rings (SSSR count). The number of carbonyl (C=O) groups is 2. The molecule has 0 spiro atoms. The molecular weight excluding hydrogens is 264 g/mol. The van der Waals surface area contributed by atoms with E-state index in [-0.39, 0.29) is 24.1 Å². The van der Waals surface area contributed by atoms with Gasteiger partial charge < -0.3 is 4.74 Å². The standard InChI is InChI=1S/C18H18O3/c1-21-18(20)13-16(14-8-4-2-5-9-14)12-17(19)15-10-6-3-7-11-15/h2-11,16H,12-13H2,1H3. The third-order valence-electron chi connectivity index (χ3n) is 3.44. The van der Waals surface area contributed by atoms with Crippen LogP contribution in [-0.2, 0) is 9.53 Å². The van der Waals surface area contributed by atoms with Crippen molar-refractivity contribution in [3.8, 4) is 0 Å². The first-order chi connectivity index (χ1) is 10.2. The van der Waals surface area contributed by atoms with Crippen LogP contribution in [0.4, 0.5) is 0 Å². The molecule has 21 heavy (non-hydrogen) atoms. The summed E-state index contributed by atoms with van der Waals surface area (Å²) in [7, 11) is 1.36. The van der Waals surface area contributed by atoms with Gasteiger partial charge in [0.1, 0.15) is 0 Å². The smallest absolute Gasteiger partial charge is 0.306 e. The molecule has 0 saturated heterocycles. The molecule has 0 N–H and O–H groups in total. The van der Waals surface area contributed by atoms with E-state index in [4.69, 9.17) is 4.74 Å². The van der Waals surface area contributed by atoms with Crippen molar-refractivity contribution in [1.29, 1.82) is 0 Å². The van der Waals surface area contributed by atoms with Crippen molar-refractivity contribution in [2.45, 2.75) is 18.8 Å². The molecule has 0 fully saturated rings. The molecule has 0 bridgehead atoms. The van der Waals surface area contributed by atoms with Crippen molar-refractivity contribution in [3.63, 3.8) is 0 Å². The predicted octanol–water partition coefficient (Wildman–Crippen LogP) is 3.61. The minimum absolute atomic E-state index is 0.0355. The minimum Gasteiger partial charge on any atom is -0.469 e. The number of ketones is 1. The van der Waals surface area contributed by atoms with Gasteiger partial charge in [0.15, 0.2) is 5.78 Å². The maximum absolute atomic E-state index is 12.3. The fraction of sp³-hybridized carbons (Fsp3) is 0.222. The normalized spacial score (nSPS) is 11.7. The molecule has 0 aromatic heterocycles. The summed E-state index contributed by atoms with van der Waals surface area (Å²) < 4.78 is 4.74. The van der Waals surface area contributed by atoms with E-state index in [2.05, 4.69) is 0 Å². The molecular formula is C18H18O3. The lowest BCUT2D eigenvalue weighted by Gasteiger charge is -2.15. The van der Waals surface area contributed by atoms with Crippen molar-refractivity contribution >= 4 is 11.8 Å².